The zero-order valence-corrected chi connectivity index (χ0v) is 17.9. The average Bonchev–Trinajstić information content (AvgIpc) is 3.29. The van der Waals surface area contributed by atoms with Crippen LogP contribution in [0.15, 0.2) is 77.0 Å². The third kappa shape index (κ3) is 7.40. The molecule has 7 heteroatoms. The van der Waals surface area contributed by atoms with Crippen molar-refractivity contribution in [1.82, 2.24) is 20.6 Å². The van der Waals surface area contributed by atoms with E-state index < -0.39 is 0 Å². The number of carbonyl (C=O) groups is 1. The van der Waals surface area contributed by atoms with Crippen LogP contribution in [0, 0.1) is 6.92 Å². The number of H-pyrrole nitrogens is 1. The van der Waals surface area contributed by atoms with Crippen LogP contribution in [0.4, 0.5) is 0 Å². The van der Waals surface area contributed by atoms with Gasteiger partial charge in [-0.15, -0.1) is 11.8 Å². The van der Waals surface area contributed by atoms with Crippen molar-refractivity contribution in [1.29, 1.82) is 0 Å². The second-order valence-corrected chi connectivity index (χ2v) is 7.99. The Morgan fingerprint density at radius 3 is 2.67 bits per heavy atom. The summed E-state index contributed by atoms with van der Waals surface area (Å²) in [5.74, 6) is 1.22. The molecule has 3 aromatic rings. The molecule has 0 fully saturated rings. The molecule has 2 aromatic carbocycles. The lowest BCUT2D eigenvalue weighted by atomic mass is 10.2. The van der Waals surface area contributed by atoms with Gasteiger partial charge < -0.3 is 10.3 Å². The fraction of sp³-hybridized carbons (Fsp3) is 0.261. The van der Waals surface area contributed by atoms with Gasteiger partial charge in [0.2, 0.25) is 0 Å². The maximum Gasteiger partial charge on any atom is 0.257 e. The van der Waals surface area contributed by atoms with E-state index >= 15 is 0 Å². The molecule has 3 rings (SSSR count). The summed E-state index contributed by atoms with van der Waals surface area (Å²) in [6.45, 7) is 3.40. The minimum atomic E-state index is -0.165. The molecular weight excluding hydrogens is 394 g/mol. The molecule has 0 saturated carbocycles. The second-order valence-electron chi connectivity index (χ2n) is 6.82. The van der Waals surface area contributed by atoms with Crippen molar-refractivity contribution in [2.24, 2.45) is 4.99 Å². The number of aromatic amines is 1. The largest absolute Gasteiger partial charge is 0.355 e. The number of aromatic nitrogens is 2. The summed E-state index contributed by atoms with van der Waals surface area (Å²) in [6.07, 6.45) is 5.24. The van der Waals surface area contributed by atoms with E-state index in [1.54, 1.807) is 30.2 Å². The summed E-state index contributed by atoms with van der Waals surface area (Å²) in [5.41, 5.74) is 2.95. The van der Waals surface area contributed by atoms with Crippen molar-refractivity contribution in [3.63, 3.8) is 0 Å². The number of benzene rings is 2. The Kier molecular flexibility index (Phi) is 8.53. The number of nitrogens with one attached hydrogen (secondary N) is 3. The lowest BCUT2D eigenvalue weighted by molar-refractivity contribution is 0.0976. The normalized spacial score (nSPS) is 11.3. The predicted octanol–water partition coefficient (Wildman–Crippen LogP) is 3.82. The Morgan fingerprint density at radius 1 is 1.13 bits per heavy atom. The molecule has 1 aromatic heterocycles. The topological polar surface area (TPSA) is 82.2 Å². The van der Waals surface area contributed by atoms with Gasteiger partial charge in [0, 0.05) is 41.2 Å². The lowest BCUT2D eigenvalue weighted by Gasteiger charge is -2.12. The third-order valence-electron chi connectivity index (χ3n) is 4.38. The first kappa shape index (κ1) is 21.6. The van der Waals surface area contributed by atoms with Crippen LogP contribution in [0.3, 0.4) is 0 Å². The Morgan fingerprint density at radius 2 is 1.93 bits per heavy atom. The van der Waals surface area contributed by atoms with Crippen LogP contribution in [-0.4, -0.2) is 40.7 Å². The zero-order chi connectivity index (χ0) is 21.0. The highest BCUT2D eigenvalue weighted by molar-refractivity contribution is 7.99. The van der Waals surface area contributed by atoms with Crippen molar-refractivity contribution in [3.8, 4) is 0 Å². The SMILES string of the molecule is Cc1ccc(SCCNC(=NCCCc2cnc[nH]2)NC(=O)c2ccccc2)cc1. The van der Waals surface area contributed by atoms with Crippen LogP contribution in [0.2, 0.25) is 0 Å². The van der Waals surface area contributed by atoms with Gasteiger partial charge in [-0.25, -0.2) is 4.98 Å². The van der Waals surface area contributed by atoms with Gasteiger partial charge in [-0.05, 0) is 44.0 Å². The van der Waals surface area contributed by atoms with Crippen LogP contribution >= 0.6 is 11.8 Å². The van der Waals surface area contributed by atoms with Crippen molar-refractivity contribution >= 4 is 23.6 Å². The van der Waals surface area contributed by atoms with E-state index in [1.807, 2.05) is 24.4 Å². The van der Waals surface area contributed by atoms with Crippen LogP contribution in [0.5, 0.6) is 0 Å². The first-order chi connectivity index (χ1) is 14.7. The van der Waals surface area contributed by atoms with Crippen molar-refractivity contribution < 1.29 is 4.79 Å². The van der Waals surface area contributed by atoms with Gasteiger partial charge in [-0.3, -0.25) is 15.1 Å². The van der Waals surface area contributed by atoms with Gasteiger partial charge in [0.05, 0.1) is 6.33 Å². The predicted molar refractivity (Wildman–Crippen MR) is 123 cm³/mol. The number of guanidine groups is 1. The molecule has 1 heterocycles. The summed E-state index contributed by atoms with van der Waals surface area (Å²) in [5, 5.41) is 6.18. The van der Waals surface area contributed by atoms with Gasteiger partial charge in [0.25, 0.3) is 5.91 Å². The molecule has 0 bridgehead atoms. The lowest BCUT2D eigenvalue weighted by Crippen LogP contribution is -2.42. The van der Waals surface area contributed by atoms with Gasteiger partial charge in [-0.2, -0.15) is 0 Å². The van der Waals surface area contributed by atoms with Gasteiger partial charge in [0.1, 0.15) is 0 Å². The molecule has 0 saturated heterocycles. The summed E-state index contributed by atoms with van der Waals surface area (Å²) in [7, 11) is 0. The Labute approximate surface area is 181 Å². The van der Waals surface area contributed by atoms with Crippen LogP contribution in [0.1, 0.15) is 28.0 Å². The molecule has 3 N–H and O–H groups in total. The molecule has 0 unspecified atom stereocenters. The summed E-state index contributed by atoms with van der Waals surface area (Å²) >= 11 is 1.77. The molecule has 30 heavy (non-hydrogen) atoms. The highest BCUT2D eigenvalue weighted by Crippen LogP contribution is 2.17. The Bertz CT molecular complexity index is 924. The number of hydrogen-bond donors (Lipinski definition) is 3. The number of hydrogen-bond acceptors (Lipinski definition) is 4. The highest BCUT2D eigenvalue weighted by Gasteiger charge is 2.08. The number of aliphatic imine (C=N–C) groups is 1. The van der Waals surface area contributed by atoms with E-state index in [4.69, 9.17) is 0 Å². The zero-order valence-electron chi connectivity index (χ0n) is 17.1. The van der Waals surface area contributed by atoms with E-state index in [0.717, 1.165) is 24.3 Å². The maximum atomic E-state index is 12.5. The molecule has 6 nitrogen and oxygen atoms in total. The molecular formula is C23H27N5OS. The number of amides is 1. The summed E-state index contributed by atoms with van der Waals surface area (Å²) in [6, 6.07) is 17.6. The fourth-order valence-corrected chi connectivity index (χ4v) is 3.53. The van der Waals surface area contributed by atoms with E-state index in [-0.39, 0.29) is 5.91 Å². The molecule has 156 valence electrons. The van der Waals surface area contributed by atoms with Gasteiger partial charge in [0.15, 0.2) is 5.96 Å². The molecule has 0 atom stereocenters. The number of nitrogens with zero attached hydrogens (tertiary/aromatic N) is 2. The van der Waals surface area contributed by atoms with E-state index in [9.17, 15) is 4.79 Å². The third-order valence-corrected chi connectivity index (χ3v) is 5.39. The molecule has 0 aliphatic heterocycles. The smallest absolute Gasteiger partial charge is 0.257 e. The van der Waals surface area contributed by atoms with Gasteiger partial charge in [-0.1, -0.05) is 35.9 Å². The van der Waals surface area contributed by atoms with Crippen molar-refractivity contribution in [2.45, 2.75) is 24.7 Å². The minimum Gasteiger partial charge on any atom is -0.355 e. The molecule has 0 aliphatic carbocycles. The maximum absolute atomic E-state index is 12.5. The first-order valence-electron chi connectivity index (χ1n) is 10.0. The van der Waals surface area contributed by atoms with Crippen LogP contribution < -0.4 is 10.6 Å². The average molecular weight is 422 g/mol. The Hall–Kier alpha value is -3.06. The molecule has 0 aliphatic rings. The molecule has 0 spiro atoms. The summed E-state index contributed by atoms with van der Waals surface area (Å²) < 4.78 is 0. The van der Waals surface area contributed by atoms with Crippen molar-refractivity contribution in [3.05, 3.63) is 83.9 Å². The highest BCUT2D eigenvalue weighted by atomic mass is 32.2. The van der Waals surface area contributed by atoms with E-state index in [1.165, 1.54) is 10.5 Å². The molecule has 0 radical (unpaired) electrons. The minimum absolute atomic E-state index is 0.165. The number of thioether (sulfide) groups is 1. The van der Waals surface area contributed by atoms with Crippen molar-refractivity contribution in [2.75, 3.05) is 18.8 Å². The number of carbonyl (C=O) groups excluding carboxylic acids is 1. The van der Waals surface area contributed by atoms with E-state index in [0.29, 0.717) is 24.6 Å². The monoisotopic (exact) mass is 421 g/mol. The first-order valence-corrected chi connectivity index (χ1v) is 11.0. The quantitative estimate of drug-likeness (QED) is 0.212. The van der Waals surface area contributed by atoms with Crippen LogP contribution in [-0.2, 0) is 6.42 Å². The number of aryl methyl sites for hydroxylation is 2. The summed E-state index contributed by atoms with van der Waals surface area (Å²) in [4.78, 5) is 25.4. The number of imidazole rings is 1. The number of rotatable bonds is 9. The fourth-order valence-electron chi connectivity index (χ4n) is 2.76. The molecule has 1 amide bonds. The Balaban J connectivity index is 1.51. The van der Waals surface area contributed by atoms with E-state index in [2.05, 4.69) is 56.8 Å². The van der Waals surface area contributed by atoms with Crippen LogP contribution in [0.25, 0.3) is 0 Å². The van der Waals surface area contributed by atoms with Gasteiger partial charge >= 0.3 is 0 Å². The standard InChI is InChI=1S/C23H27N5OS/c1-18-9-11-21(12-10-18)30-15-14-26-23(25-13-5-8-20-16-24-17-27-20)28-22(29)19-6-3-2-4-7-19/h2-4,6-7,9-12,16-17H,5,8,13-15H2,1H3,(H,24,27)(H2,25,26,28,29). The second kappa shape index (κ2) is 11.8.